The molecule has 30 heavy (non-hydrogen) atoms. The maximum absolute atomic E-state index is 11.5. The number of aromatic hydroxyl groups is 1. The van der Waals surface area contributed by atoms with Crippen molar-refractivity contribution in [2.45, 2.75) is 32.7 Å². The second kappa shape index (κ2) is 6.87. The van der Waals surface area contributed by atoms with Crippen LogP contribution >= 0.6 is 0 Å². The zero-order valence-electron chi connectivity index (χ0n) is 16.6. The van der Waals surface area contributed by atoms with E-state index >= 15 is 0 Å². The number of fused-ring (bicyclic) bond motifs is 1. The SMILES string of the molecule is Cc1cccc(C)c1Nc1cc(=NC2CC2)n2ncc(=Cc3[nH]c(=O)[nH]c3O)c2n1. The maximum atomic E-state index is 11.5. The van der Waals surface area contributed by atoms with Crippen molar-refractivity contribution in [2.75, 3.05) is 5.32 Å². The first-order valence-electron chi connectivity index (χ1n) is 9.77. The Bertz CT molecular complexity index is 1420. The minimum atomic E-state index is -0.481. The van der Waals surface area contributed by atoms with Crippen LogP contribution in [0.4, 0.5) is 11.5 Å². The van der Waals surface area contributed by atoms with Gasteiger partial charge in [0.1, 0.15) is 11.5 Å². The Morgan fingerprint density at radius 2 is 2.03 bits per heavy atom. The van der Waals surface area contributed by atoms with Crippen LogP contribution in [-0.4, -0.2) is 35.7 Å². The Hall–Kier alpha value is -3.88. The summed E-state index contributed by atoms with van der Waals surface area (Å²) >= 11 is 0. The molecule has 0 bridgehead atoms. The Labute approximate surface area is 170 Å². The van der Waals surface area contributed by atoms with E-state index in [1.807, 2.05) is 38.1 Å². The van der Waals surface area contributed by atoms with Gasteiger partial charge in [0.25, 0.3) is 0 Å². The number of hydrogen-bond acceptors (Lipinski definition) is 6. The second-order valence-corrected chi connectivity index (χ2v) is 7.57. The number of anilines is 2. The van der Waals surface area contributed by atoms with Crippen molar-refractivity contribution in [3.05, 3.63) is 68.5 Å². The van der Waals surface area contributed by atoms with Crippen molar-refractivity contribution in [2.24, 2.45) is 4.99 Å². The number of aryl methyl sites for hydroxylation is 2. The van der Waals surface area contributed by atoms with Gasteiger partial charge in [0.15, 0.2) is 11.1 Å². The summed E-state index contributed by atoms with van der Waals surface area (Å²) in [5.41, 5.74) is 4.31. The lowest BCUT2D eigenvalue weighted by atomic mass is 10.1. The van der Waals surface area contributed by atoms with Gasteiger partial charge in [-0.3, -0.25) is 9.98 Å². The molecule has 3 heterocycles. The van der Waals surface area contributed by atoms with Crippen molar-refractivity contribution < 1.29 is 5.11 Å². The van der Waals surface area contributed by atoms with Gasteiger partial charge in [0.2, 0.25) is 5.88 Å². The molecule has 0 atom stereocenters. The molecule has 1 saturated carbocycles. The van der Waals surface area contributed by atoms with Crippen LogP contribution in [0.1, 0.15) is 29.7 Å². The summed E-state index contributed by atoms with van der Waals surface area (Å²) in [6.45, 7) is 4.10. The highest BCUT2D eigenvalue weighted by Gasteiger charge is 2.20. The van der Waals surface area contributed by atoms with E-state index in [-0.39, 0.29) is 11.6 Å². The zero-order valence-corrected chi connectivity index (χ0v) is 16.6. The maximum Gasteiger partial charge on any atom is 0.326 e. The van der Waals surface area contributed by atoms with Crippen molar-refractivity contribution in [3.63, 3.8) is 0 Å². The van der Waals surface area contributed by atoms with E-state index in [0.717, 1.165) is 29.7 Å². The van der Waals surface area contributed by atoms with Gasteiger partial charge in [-0.05, 0) is 43.9 Å². The van der Waals surface area contributed by atoms with Gasteiger partial charge in [0.05, 0.1) is 12.2 Å². The molecule has 3 aromatic heterocycles. The summed E-state index contributed by atoms with van der Waals surface area (Å²) in [7, 11) is 0. The molecule has 4 N–H and O–H groups in total. The van der Waals surface area contributed by atoms with E-state index in [0.29, 0.717) is 28.2 Å². The highest BCUT2D eigenvalue weighted by atomic mass is 16.3. The number of aromatic amines is 2. The lowest BCUT2D eigenvalue weighted by molar-refractivity contribution is 0.454. The van der Waals surface area contributed by atoms with Crippen LogP contribution in [0.25, 0.3) is 11.7 Å². The molecular weight excluding hydrogens is 382 g/mol. The molecule has 1 aliphatic carbocycles. The van der Waals surface area contributed by atoms with Crippen molar-refractivity contribution in [3.8, 4) is 5.88 Å². The summed E-state index contributed by atoms with van der Waals surface area (Å²) in [5.74, 6) is 0.424. The standard InChI is InChI=1S/C21H21N7O2/c1-11-4-3-5-12(2)18(11)25-16-9-17(23-14-6-7-14)28-19(26-16)13(10-22-28)8-15-20(29)27-21(30)24-15/h3-5,8-10,14,25,29H,6-7H2,1-2H3,(H2,24,27,30). The normalized spacial score (nSPS) is 15.3. The van der Waals surface area contributed by atoms with Crippen molar-refractivity contribution in [1.29, 1.82) is 0 Å². The molecule has 0 saturated heterocycles. The van der Waals surface area contributed by atoms with Crippen LogP contribution < -0.4 is 21.7 Å². The number of aromatic nitrogens is 5. The molecule has 5 rings (SSSR count). The topological polar surface area (TPSA) is 123 Å². The van der Waals surface area contributed by atoms with Gasteiger partial charge in [-0.15, -0.1) is 0 Å². The summed E-state index contributed by atoms with van der Waals surface area (Å²) < 4.78 is 1.68. The van der Waals surface area contributed by atoms with Gasteiger partial charge in [0, 0.05) is 17.0 Å². The van der Waals surface area contributed by atoms with E-state index in [1.165, 1.54) is 0 Å². The van der Waals surface area contributed by atoms with Gasteiger partial charge >= 0.3 is 5.69 Å². The van der Waals surface area contributed by atoms with E-state index in [1.54, 1.807) is 16.8 Å². The molecule has 0 radical (unpaired) electrons. The minimum absolute atomic E-state index is 0.230. The van der Waals surface area contributed by atoms with Gasteiger partial charge < -0.3 is 15.4 Å². The number of hydrogen-bond donors (Lipinski definition) is 4. The number of benzene rings is 1. The predicted octanol–water partition coefficient (Wildman–Crippen LogP) is 1.42. The fourth-order valence-corrected chi connectivity index (χ4v) is 3.40. The van der Waals surface area contributed by atoms with Crippen LogP contribution in [-0.2, 0) is 0 Å². The first-order valence-corrected chi connectivity index (χ1v) is 9.77. The van der Waals surface area contributed by atoms with Crippen LogP contribution in [0, 0.1) is 13.8 Å². The molecule has 152 valence electrons. The van der Waals surface area contributed by atoms with E-state index in [2.05, 4.69) is 20.4 Å². The Morgan fingerprint density at radius 1 is 1.27 bits per heavy atom. The van der Waals surface area contributed by atoms with Gasteiger partial charge in [-0.25, -0.2) is 9.78 Å². The van der Waals surface area contributed by atoms with Crippen LogP contribution in [0.3, 0.4) is 0 Å². The third kappa shape index (κ3) is 3.34. The monoisotopic (exact) mass is 403 g/mol. The number of nitrogens with one attached hydrogen (secondary N) is 3. The Morgan fingerprint density at radius 3 is 2.70 bits per heavy atom. The summed E-state index contributed by atoms with van der Waals surface area (Å²) in [4.78, 5) is 25.8. The first-order chi connectivity index (χ1) is 14.5. The lowest BCUT2D eigenvalue weighted by Gasteiger charge is -2.12. The summed E-state index contributed by atoms with van der Waals surface area (Å²) in [6, 6.07) is 8.32. The zero-order chi connectivity index (χ0) is 20.8. The lowest BCUT2D eigenvalue weighted by Crippen LogP contribution is -2.20. The first kappa shape index (κ1) is 18.2. The predicted molar refractivity (Wildman–Crippen MR) is 113 cm³/mol. The third-order valence-electron chi connectivity index (χ3n) is 5.11. The number of H-pyrrole nitrogens is 2. The van der Waals surface area contributed by atoms with Crippen LogP contribution in [0.5, 0.6) is 5.88 Å². The molecule has 0 aliphatic heterocycles. The fourth-order valence-electron chi connectivity index (χ4n) is 3.40. The largest absolute Gasteiger partial charge is 0.493 e. The Balaban J connectivity index is 1.71. The highest BCUT2D eigenvalue weighted by Crippen LogP contribution is 2.24. The van der Waals surface area contributed by atoms with Gasteiger partial charge in [-0.1, -0.05) is 18.2 Å². The fraction of sp³-hybridized carbons (Fsp3) is 0.238. The molecule has 0 unspecified atom stereocenters. The summed E-state index contributed by atoms with van der Waals surface area (Å²) in [5, 5.41) is 18.4. The van der Waals surface area contributed by atoms with E-state index < -0.39 is 5.69 Å². The molecule has 4 aromatic rings. The average Bonchev–Trinajstić information content (AvgIpc) is 3.34. The Kier molecular flexibility index (Phi) is 4.16. The van der Waals surface area contributed by atoms with Crippen LogP contribution in [0.2, 0.25) is 0 Å². The average molecular weight is 403 g/mol. The number of para-hydroxylation sites is 1. The number of nitrogens with zero attached hydrogens (tertiary/aromatic N) is 4. The highest BCUT2D eigenvalue weighted by molar-refractivity contribution is 5.66. The quantitative estimate of drug-likeness (QED) is 0.410. The molecule has 0 amide bonds. The molecule has 1 aliphatic rings. The molecule has 1 fully saturated rings. The second-order valence-electron chi connectivity index (χ2n) is 7.57. The van der Waals surface area contributed by atoms with Gasteiger partial charge in [-0.2, -0.15) is 9.61 Å². The molecule has 9 heteroatoms. The molecule has 1 aromatic carbocycles. The minimum Gasteiger partial charge on any atom is -0.493 e. The molecular formula is C21H21N7O2. The van der Waals surface area contributed by atoms with E-state index in [9.17, 15) is 9.90 Å². The number of imidazole rings is 1. The van der Waals surface area contributed by atoms with Crippen molar-refractivity contribution >= 4 is 23.2 Å². The van der Waals surface area contributed by atoms with E-state index in [4.69, 9.17) is 9.98 Å². The third-order valence-corrected chi connectivity index (χ3v) is 5.11. The number of rotatable bonds is 4. The molecule has 9 nitrogen and oxygen atoms in total. The molecule has 0 spiro atoms. The van der Waals surface area contributed by atoms with Crippen molar-refractivity contribution in [1.82, 2.24) is 24.6 Å². The summed E-state index contributed by atoms with van der Waals surface area (Å²) in [6.07, 6.45) is 5.42. The smallest absolute Gasteiger partial charge is 0.326 e. The van der Waals surface area contributed by atoms with Crippen LogP contribution in [0.15, 0.2) is 40.2 Å².